The minimum absolute atomic E-state index is 0. The lowest BCUT2D eigenvalue weighted by atomic mass is 10.7. The lowest BCUT2D eigenvalue weighted by molar-refractivity contribution is 0.0530. The molecular weight excluding hydrogens is 232 g/mol. The third-order valence-corrected chi connectivity index (χ3v) is 1.97. The van der Waals surface area contributed by atoms with Crippen molar-refractivity contribution in [2.24, 2.45) is 5.73 Å². The standard InChI is InChI=1S/C7H18N2O4S.C2H6.2H2/c1-14(10,11)9-3-5-13-7-6-12-4-2-8;1-2;;/h9H,2-8H2,1H3;1-2H3;2*1H. The first-order valence-corrected chi connectivity index (χ1v) is 7.25. The van der Waals surface area contributed by atoms with Crippen LogP contribution in [0.1, 0.15) is 16.7 Å². The van der Waals surface area contributed by atoms with Gasteiger partial charge in [-0.25, -0.2) is 13.1 Å². The van der Waals surface area contributed by atoms with E-state index in [2.05, 4.69) is 4.72 Å². The number of nitrogens with one attached hydrogen (secondary N) is 1. The molecule has 0 radical (unpaired) electrons. The molecule has 0 aromatic carbocycles. The van der Waals surface area contributed by atoms with Crippen LogP contribution in [-0.4, -0.2) is 54.2 Å². The number of hydrogen-bond acceptors (Lipinski definition) is 5. The Morgan fingerprint density at radius 3 is 2.06 bits per heavy atom. The van der Waals surface area contributed by atoms with E-state index < -0.39 is 10.0 Å². The van der Waals surface area contributed by atoms with Crippen LogP contribution in [0.25, 0.3) is 0 Å². The molecule has 16 heavy (non-hydrogen) atoms. The number of nitrogens with two attached hydrogens (primary N) is 1. The van der Waals surface area contributed by atoms with Crippen LogP contribution < -0.4 is 10.5 Å². The molecule has 0 aromatic heterocycles. The van der Waals surface area contributed by atoms with Gasteiger partial charge in [-0.05, 0) is 0 Å². The Hall–Kier alpha value is -0.210. The van der Waals surface area contributed by atoms with Crippen molar-refractivity contribution in [2.45, 2.75) is 13.8 Å². The van der Waals surface area contributed by atoms with Crippen molar-refractivity contribution in [2.75, 3.05) is 45.8 Å². The van der Waals surface area contributed by atoms with Crippen molar-refractivity contribution in [3.63, 3.8) is 0 Å². The molecule has 0 bridgehead atoms. The van der Waals surface area contributed by atoms with Gasteiger partial charge in [-0.2, -0.15) is 0 Å². The monoisotopic (exact) mass is 260 g/mol. The van der Waals surface area contributed by atoms with Crippen molar-refractivity contribution in [1.82, 2.24) is 4.72 Å². The largest absolute Gasteiger partial charge is 0.378 e. The molecule has 7 heteroatoms. The van der Waals surface area contributed by atoms with E-state index in [-0.39, 0.29) is 9.40 Å². The summed E-state index contributed by atoms with van der Waals surface area (Å²) in [5.41, 5.74) is 5.20. The summed E-state index contributed by atoms with van der Waals surface area (Å²) >= 11 is 0. The maximum absolute atomic E-state index is 10.6. The third-order valence-electron chi connectivity index (χ3n) is 1.24. The first kappa shape index (κ1) is 18.2. The van der Waals surface area contributed by atoms with Crippen LogP contribution in [-0.2, 0) is 19.5 Å². The predicted molar refractivity (Wildman–Crippen MR) is 69.1 cm³/mol. The van der Waals surface area contributed by atoms with E-state index in [0.717, 1.165) is 6.26 Å². The predicted octanol–water partition coefficient (Wildman–Crippen LogP) is 0.0457. The van der Waals surface area contributed by atoms with Gasteiger partial charge in [0.15, 0.2) is 0 Å². The van der Waals surface area contributed by atoms with Crippen LogP contribution in [0.3, 0.4) is 0 Å². The zero-order chi connectivity index (χ0) is 12.9. The molecule has 0 aliphatic carbocycles. The second kappa shape index (κ2) is 12.9. The van der Waals surface area contributed by atoms with Crippen LogP contribution >= 0.6 is 0 Å². The summed E-state index contributed by atoms with van der Waals surface area (Å²) in [6.45, 7) is 6.58. The van der Waals surface area contributed by atoms with Crippen LogP contribution in [0.15, 0.2) is 0 Å². The third kappa shape index (κ3) is 19.4. The van der Waals surface area contributed by atoms with Gasteiger partial charge < -0.3 is 15.2 Å². The second-order valence-electron chi connectivity index (χ2n) is 2.68. The van der Waals surface area contributed by atoms with E-state index in [1.165, 1.54) is 0 Å². The first-order valence-electron chi connectivity index (χ1n) is 5.36. The lowest BCUT2D eigenvalue weighted by Gasteiger charge is -2.05. The number of rotatable bonds is 9. The van der Waals surface area contributed by atoms with Gasteiger partial charge in [0, 0.05) is 15.9 Å². The summed E-state index contributed by atoms with van der Waals surface area (Å²) in [4.78, 5) is 0. The lowest BCUT2D eigenvalue weighted by Crippen LogP contribution is -2.26. The van der Waals surface area contributed by atoms with Crippen molar-refractivity contribution in [3.8, 4) is 0 Å². The van der Waals surface area contributed by atoms with E-state index >= 15 is 0 Å². The summed E-state index contributed by atoms with van der Waals surface area (Å²) in [7, 11) is -3.10. The summed E-state index contributed by atoms with van der Waals surface area (Å²) < 4.78 is 33.6. The molecule has 3 N–H and O–H groups in total. The summed E-state index contributed by atoms with van der Waals surface area (Å²) in [5.74, 6) is 0. The number of hydrogen-bond donors (Lipinski definition) is 2. The maximum Gasteiger partial charge on any atom is 0.208 e. The summed E-state index contributed by atoms with van der Waals surface area (Å²) in [6, 6.07) is 0. The molecule has 0 atom stereocenters. The maximum atomic E-state index is 10.6. The second-order valence-corrected chi connectivity index (χ2v) is 4.51. The Kier molecular flexibility index (Phi) is 14.6. The molecule has 0 spiro atoms. The molecule has 104 valence electrons. The van der Waals surface area contributed by atoms with Gasteiger partial charge in [0.25, 0.3) is 0 Å². The molecule has 0 heterocycles. The van der Waals surface area contributed by atoms with E-state index in [1.807, 2.05) is 13.8 Å². The van der Waals surface area contributed by atoms with Crippen molar-refractivity contribution in [3.05, 3.63) is 0 Å². The molecule has 0 rings (SSSR count). The average molecular weight is 260 g/mol. The minimum Gasteiger partial charge on any atom is -0.378 e. The molecule has 0 fully saturated rings. The van der Waals surface area contributed by atoms with Crippen molar-refractivity contribution >= 4 is 10.0 Å². The molecule has 0 saturated heterocycles. The van der Waals surface area contributed by atoms with Gasteiger partial charge in [-0.1, -0.05) is 13.8 Å². The Morgan fingerprint density at radius 2 is 1.62 bits per heavy atom. The molecule has 0 saturated carbocycles. The Balaban J connectivity index is -0.000000232. The van der Waals surface area contributed by atoms with E-state index in [0.29, 0.717) is 33.0 Å². The quantitative estimate of drug-likeness (QED) is 0.571. The molecule has 0 unspecified atom stereocenters. The van der Waals surface area contributed by atoms with Gasteiger partial charge in [-0.3, -0.25) is 0 Å². The fourth-order valence-corrected chi connectivity index (χ4v) is 1.16. The van der Waals surface area contributed by atoms with E-state index in [4.69, 9.17) is 15.2 Å². The average Bonchev–Trinajstić information content (AvgIpc) is 2.23. The number of ether oxygens (including phenoxy) is 2. The normalized spacial score (nSPS) is 10.8. The van der Waals surface area contributed by atoms with Crippen molar-refractivity contribution in [1.29, 1.82) is 0 Å². The molecule has 0 amide bonds. The van der Waals surface area contributed by atoms with Crippen LogP contribution in [0, 0.1) is 0 Å². The zero-order valence-corrected chi connectivity index (χ0v) is 11.2. The summed E-state index contributed by atoms with van der Waals surface area (Å²) in [6.07, 6.45) is 1.11. The minimum atomic E-state index is -3.10. The highest BCUT2D eigenvalue weighted by atomic mass is 32.2. The summed E-state index contributed by atoms with van der Waals surface area (Å²) in [5, 5.41) is 0. The number of sulfonamides is 1. The van der Waals surface area contributed by atoms with Gasteiger partial charge in [-0.15, -0.1) is 0 Å². The zero-order valence-electron chi connectivity index (χ0n) is 10.4. The smallest absolute Gasteiger partial charge is 0.208 e. The highest BCUT2D eigenvalue weighted by molar-refractivity contribution is 7.88. The Bertz CT molecular complexity index is 229. The Morgan fingerprint density at radius 1 is 1.12 bits per heavy atom. The van der Waals surface area contributed by atoms with Crippen LogP contribution in [0.2, 0.25) is 0 Å². The fourth-order valence-electron chi connectivity index (χ4n) is 0.705. The molecular formula is C9H28N2O4S. The SMILES string of the molecule is CC.CS(=O)(=O)NCCOCCOCCN.[HH].[HH]. The topological polar surface area (TPSA) is 90.7 Å². The van der Waals surface area contributed by atoms with Gasteiger partial charge in [0.05, 0.1) is 32.7 Å². The highest BCUT2D eigenvalue weighted by Gasteiger charge is 1.98. The molecule has 0 aliphatic rings. The molecule has 6 nitrogen and oxygen atoms in total. The highest BCUT2D eigenvalue weighted by Crippen LogP contribution is 1.78. The molecule has 0 aliphatic heterocycles. The van der Waals surface area contributed by atoms with Gasteiger partial charge >= 0.3 is 0 Å². The van der Waals surface area contributed by atoms with Gasteiger partial charge in [0.1, 0.15) is 0 Å². The van der Waals surface area contributed by atoms with Crippen LogP contribution in [0.5, 0.6) is 0 Å². The first-order chi connectivity index (χ1) is 7.56. The van der Waals surface area contributed by atoms with Gasteiger partial charge in [0.2, 0.25) is 10.0 Å². The van der Waals surface area contributed by atoms with Crippen LogP contribution in [0.4, 0.5) is 0 Å². The van der Waals surface area contributed by atoms with E-state index in [9.17, 15) is 8.42 Å². The van der Waals surface area contributed by atoms with E-state index in [1.54, 1.807) is 0 Å². The molecule has 0 aromatic rings. The van der Waals surface area contributed by atoms with Crippen molar-refractivity contribution < 1.29 is 20.7 Å². The Labute approximate surface area is 102 Å². The fraction of sp³-hybridized carbons (Fsp3) is 1.00.